The molecule has 8 nitrogen and oxygen atoms in total. The Bertz CT molecular complexity index is 1860. The molecule has 5 aromatic rings. The van der Waals surface area contributed by atoms with Crippen LogP contribution in [0.4, 0.5) is 0 Å². The van der Waals surface area contributed by atoms with Gasteiger partial charge in [-0.3, -0.25) is 19.8 Å². The zero-order valence-corrected chi connectivity index (χ0v) is 20.0. The number of aromatic nitrogens is 2. The van der Waals surface area contributed by atoms with E-state index in [0.717, 1.165) is 63.1 Å². The number of para-hydroxylation sites is 2. The predicted molar refractivity (Wildman–Crippen MR) is 139 cm³/mol. The topological polar surface area (TPSA) is 88.7 Å². The van der Waals surface area contributed by atoms with Crippen molar-refractivity contribution in [3.63, 3.8) is 0 Å². The van der Waals surface area contributed by atoms with Crippen molar-refractivity contribution in [3.05, 3.63) is 59.7 Å². The lowest BCUT2D eigenvalue weighted by Gasteiger charge is -2.39. The van der Waals surface area contributed by atoms with Gasteiger partial charge in [0.05, 0.1) is 59.6 Å². The lowest BCUT2D eigenvalue weighted by Crippen LogP contribution is -2.51. The molecule has 2 bridgehead atoms. The summed E-state index contributed by atoms with van der Waals surface area (Å²) >= 11 is 0. The zero-order chi connectivity index (χ0) is 24.6. The number of rotatable bonds is 1. The van der Waals surface area contributed by atoms with Gasteiger partial charge in [-0.25, -0.2) is 0 Å². The molecule has 0 unspecified atom stereocenters. The van der Waals surface area contributed by atoms with Gasteiger partial charge in [0, 0.05) is 45.7 Å². The Labute approximate surface area is 211 Å². The Hall–Kier alpha value is -3.72. The van der Waals surface area contributed by atoms with E-state index in [9.17, 15) is 14.7 Å². The minimum absolute atomic E-state index is 0.0144. The molecule has 2 fully saturated rings. The zero-order valence-electron chi connectivity index (χ0n) is 20.0. The van der Waals surface area contributed by atoms with E-state index >= 15 is 0 Å². The van der Waals surface area contributed by atoms with Gasteiger partial charge >= 0.3 is 0 Å². The molecule has 8 heteroatoms. The molecule has 1 saturated heterocycles. The van der Waals surface area contributed by atoms with E-state index in [4.69, 9.17) is 4.74 Å². The second-order valence-electron chi connectivity index (χ2n) is 10.8. The van der Waals surface area contributed by atoms with Gasteiger partial charge in [0.1, 0.15) is 0 Å². The Balaban J connectivity index is 1.54. The highest BCUT2D eigenvalue weighted by Crippen LogP contribution is 2.54. The molecule has 3 aliphatic heterocycles. The van der Waals surface area contributed by atoms with Crippen LogP contribution in [0.2, 0.25) is 0 Å². The van der Waals surface area contributed by atoms with Crippen molar-refractivity contribution >= 4 is 55.4 Å². The Kier molecular flexibility index (Phi) is 3.73. The minimum atomic E-state index is -0.588. The number of benzene rings is 3. The van der Waals surface area contributed by atoms with Crippen LogP contribution in [-0.4, -0.2) is 69.4 Å². The van der Waals surface area contributed by atoms with E-state index < -0.39 is 6.10 Å². The number of hydrogen-bond donors (Lipinski definition) is 2. The largest absolute Gasteiger partial charge is 0.389 e. The van der Waals surface area contributed by atoms with Gasteiger partial charge in [-0.2, -0.15) is 0 Å². The summed E-state index contributed by atoms with van der Waals surface area (Å²) in [6, 6.07) is 16.0. The quantitative estimate of drug-likeness (QED) is 0.351. The summed E-state index contributed by atoms with van der Waals surface area (Å²) in [6.45, 7) is 2.88. The van der Waals surface area contributed by atoms with Crippen molar-refractivity contribution in [2.75, 3.05) is 26.3 Å². The van der Waals surface area contributed by atoms with Gasteiger partial charge in [0.2, 0.25) is 0 Å². The van der Waals surface area contributed by atoms with Gasteiger partial charge in [-0.05, 0) is 18.6 Å². The number of nitrogens with zero attached hydrogens (tertiary/aromatic N) is 3. The highest BCUT2D eigenvalue weighted by atomic mass is 16.5. The fourth-order valence-corrected chi connectivity index (χ4v) is 7.95. The number of ether oxygens (including phenoxy) is 1. The van der Waals surface area contributed by atoms with Gasteiger partial charge in [0.25, 0.3) is 11.8 Å². The Morgan fingerprint density at radius 3 is 1.92 bits per heavy atom. The lowest BCUT2D eigenvalue weighted by molar-refractivity contribution is -0.0262. The van der Waals surface area contributed by atoms with Crippen molar-refractivity contribution in [2.45, 2.75) is 30.7 Å². The number of morpholine rings is 1. The second-order valence-corrected chi connectivity index (χ2v) is 10.8. The fraction of sp³-hybridized carbons (Fsp3) is 0.310. The monoisotopic (exact) mass is 492 g/mol. The van der Waals surface area contributed by atoms with E-state index in [2.05, 4.69) is 37.5 Å². The van der Waals surface area contributed by atoms with Crippen molar-refractivity contribution in [2.24, 2.45) is 0 Å². The number of carbonyl (C=O) groups is 2. The van der Waals surface area contributed by atoms with Crippen molar-refractivity contribution in [1.82, 2.24) is 19.4 Å². The highest BCUT2D eigenvalue weighted by Gasteiger charge is 2.51. The number of carbonyl (C=O) groups excluding carboxylic acids is 2. The summed E-state index contributed by atoms with van der Waals surface area (Å²) in [4.78, 5) is 29.0. The Morgan fingerprint density at radius 2 is 1.32 bits per heavy atom. The van der Waals surface area contributed by atoms with E-state index in [1.807, 2.05) is 30.3 Å². The first-order valence-corrected chi connectivity index (χ1v) is 13.0. The predicted octanol–water partition coefficient (Wildman–Crippen LogP) is 3.35. The van der Waals surface area contributed by atoms with Crippen LogP contribution < -0.4 is 5.32 Å². The second kappa shape index (κ2) is 6.77. The summed E-state index contributed by atoms with van der Waals surface area (Å²) in [6.07, 6.45) is 0.180. The normalized spacial score (nSPS) is 27.2. The van der Waals surface area contributed by atoms with Crippen LogP contribution in [-0.2, 0) is 4.74 Å². The summed E-state index contributed by atoms with van der Waals surface area (Å²) in [5, 5.41) is 18.2. The third kappa shape index (κ3) is 2.27. The van der Waals surface area contributed by atoms with E-state index in [1.54, 1.807) is 0 Å². The fourth-order valence-electron chi connectivity index (χ4n) is 7.95. The Morgan fingerprint density at radius 1 is 0.784 bits per heavy atom. The molecule has 37 heavy (non-hydrogen) atoms. The first-order valence-electron chi connectivity index (χ1n) is 13.0. The van der Waals surface area contributed by atoms with Gasteiger partial charge in [-0.1, -0.05) is 36.4 Å². The van der Waals surface area contributed by atoms with Gasteiger partial charge < -0.3 is 19.0 Å². The average Bonchev–Trinajstić information content (AvgIpc) is 3.59. The molecule has 5 heterocycles. The van der Waals surface area contributed by atoms with Crippen molar-refractivity contribution < 1.29 is 19.4 Å². The number of aliphatic hydroxyl groups excluding tert-OH is 1. The molecule has 4 atom stereocenters. The van der Waals surface area contributed by atoms with Crippen molar-refractivity contribution in [3.8, 4) is 0 Å². The average molecular weight is 493 g/mol. The SMILES string of the molecule is O=C1NC(=O)c2c1c1c3ccccc3n3c1c1c2c2ccccc2n1[C@H]1C[C@@H]3[C@@H](N2CCOCC2)[C@@H]1O. The summed E-state index contributed by atoms with van der Waals surface area (Å²) in [7, 11) is 0. The standard InChI is InChI=1S/C29H24N4O4/c34-27-19-13-18(24(27)31-9-11-37-12-10-31)32-16-7-3-1-5-14(16)20-22-23(29(36)30-28(22)35)21-15-6-2-4-8-17(15)33(19)26(21)25(20)32/h1-8,18-19,24,27,34H,9-13H2,(H,30,35,36)/t18-,19+,24-,27-/m1/s1. The number of hydrogen-bond acceptors (Lipinski definition) is 5. The van der Waals surface area contributed by atoms with E-state index in [-0.39, 0.29) is 29.9 Å². The van der Waals surface area contributed by atoms with Crippen LogP contribution in [0.25, 0.3) is 43.6 Å². The summed E-state index contributed by atoms with van der Waals surface area (Å²) in [5.74, 6) is -0.677. The molecule has 4 aliphatic rings. The van der Waals surface area contributed by atoms with Crippen LogP contribution in [0.1, 0.15) is 39.2 Å². The molecule has 2 amide bonds. The first-order chi connectivity index (χ1) is 18.1. The van der Waals surface area contributed by atoms with Crippen LogP contribution in [0.15, 0.2) is 48.5 Å². The molecular weight excluding hydrogens is 468 g/mol. The number of amides is 2. The number of fused-ring (bicyclic) bond motifs is 13. The third-order valence-electron chi connectivity index (χ3n) is 9.23. The number of aliphatic hydroxyl groups is 1. The highest BCUT2D eigenvalue weighted by molar-refractivity contribution is 6.39. The summed E-state index contributed by atoms with van der Waals surface area (Å²) < 4.78 is 10.3. The number of nitrogens with one attached hydrogen (secondary N) is 1. The molecule has 1 saturated carbocycles. The van der Waals surface area contributed by atoms with Crippen LogP contribution in [0.3, 0.4) is 0 Å². The van der Waals surface area contributed by atoms with Crippen LogP contribution in [0, 0.1) is 0 Å². The maximum atomic E-state index is 13.3. The third-order valence-corrected chi connectivity index (χ3v) is 9.23. The van der Waals surface area contributed by atoms with E-state index in [1.165, 1.54) is 0 Å². The summed E-state index contributed by atoms with van der Waals surface area (Å²) in [5.41, 5.74) is 4.91. The molecule has 0 spiro atoms. The van der Waals surface area contributed by atoms with Gasteiger partial charge in [0.15, 0.2) is 0 Å². The van der Waals surface area contributed by atoms with Crippen LogP contribution in [0.5, 0.6) is 0 Å². The van der Waals surface area contributed by atoms with Crippen LogP contribution >= 0.6 is 0 Å². The van der Waals surface area contributed by atoms with Gasteiger partial charge in [-0.15, -0.1) is 0 Å². The molecular formula is C29H24N4O4. The maximum Gasteiger partial charge on any atom is 0.259 e. The molecule has 9 rings (SSSR count). The maximum absolute atomic E-state index is 13.3. The lowest BCUT2D eigenvalue weighted by atomic mass is 9.96. The molecule has 0 radical (unpaired) electrons. The first kappa shape index (κ1) is 20.4. The molecule has 3 aromatic carbocycles. The molecule has 184 valence electrons. The smallest absolute Gasteiger partial charge is 0.259 e. The number of imide groups is 1. The minimum Gasteiger partial charge on any atom is -0.389 e. The van der Waals surface area contributed by atoms with E-state index in [0.29, 0.717) is 24.3 Å². The molecule has 2 aromatic heterocycles. The molecule has 2 N–H and O–H groups in total. The van der Waals surface area contributed by atoms with Crippen molar-refractivity contribution in [1.29, 1.82) is 0 Å². The molecule has 1 aliphatic carbocycles.